The molecule has 0 aromatic rings. The number of carbonyl (C=O) groups excluding carboxylic acids is 2. The van der Waals surface area contributed by atoms with E-state index in [4.69, 9.17) is 0 Å². The quantitative estimate of drug-likeness (QED) is 0.346. The van der Waals surface area contributed by atoms with Gasteiger partial charge >= 0.3 is 29.6 Å². The average molecular weight is 180 g/mol. The molecule has 0 radical (unpaired) electrons. The maximum Gasteiger partial charge on any atom is 1.00 e. The number of hydrogen-bond acceptors (Lipinski definition) is 3. The molecule has 0 aromatic heterocycles. The van der Waals surface area contributed by atoms with Gasteiger partial charge in [-0.1, -0.05) is 20.8 Å². The Labute approximate surface area is 94.8 Å². The third-order valence-electron chi connectivity index (χ3n) is 1.33. The summed E-state index contributed by atoms with van der Waals surface area (Å²) in [4.78, 5) is 20.5. The molecule has 0 aliphatic carbocycles. The van der Waals surface area contributed by atoms with E-state index < -0.39 is 11.8 Å². The molecule has 0 N–H and O–H groups in total. The van der Waals surface area contributed by atoms with E-state index in [1.165, 1.54) is 0 Å². The van der Waals surface area contributed by atoms with E-state index >= 15 is 0 Å². The van der Waals surface area contributed by atoms with E-state index in [1.807, 2.05) is 20.8 Å². The fraction of sp³-hybridized carbons (Fsp3) is 0.750. The van der Waals surface area contributed by atoms with Gasteiger partial charge in [0.1, 0.15) is 5.97 Å². The van der Waals surface area contributed by atoms with E-state index in [2.05, 4.69) is 0 Å². The van der Waals surface area contributed by atoms with Gasteiger partial charge in [0.05, 0.1) is 0 Å². The van der Waals surface area contributed by atoms with Crippen molar-refractivity contribution >= 4 is 11.8 Å². The first-order valence-corrected chi connectivity index (χ1v) is 3.57. The molecule has 0 unspecified atom stereocenters. The minimum Gasteiger partial charge on any atom is -0.542 e. The molecule has 0 rings (SSSR count). The van der Waals surface area contributed by atoms with Gasteiger partial charge in [-0.15, -0.1) is 0 Å². The van der Waals surface area contributed by atoms with Crippen molar-refractivity contribution in [1.29, 1.82) is 0 Å². The molecule has 0 amide bonds. The Hall–Kier alpha value is 0.140. The summed E-state index contributed by atoms with van der Waals surface area (Å²) >= 11 is 0. The van der Waals surface area contributed by atoms with Crippen LogP contribution < -0.4 is 34.7 Å². The number of carboxylic acid groups (broad SMARTS) is 1. The summed E-state index contributed by atoms with van der Waals surface area (Å²) in [5.74, 6) is -2.38. The molecule has 12 heavy (non-hydrogen) atoms. The number of hydrogen-bond donors (Lipinski definition) is 0. The van der Waals surface area contributed by atoms with E-state index in [-0.39, 0.29) is 41.4 Å². The molecule has 64 valence electrons. The molecule has 4 heteroatoms. The number of rotatable bonds is 3. The first-order chi connectivity index (χ1) is 4.83. The van der Waals surface area contributed by atoms with Gasteiger partial charge in [-0.2, -0.15) is 0 Å². The van der Waals surface area contributed by atoms with Crippen LogP contribution >= 0.6 is 0 Å². The summed E-state index contributed by atoms with van der Waals surface area (Å²) in [6.07, 6.45) is 0.658. The average Bonchev–Trinajstić information content (AvgIpc) is 1.80. The molecule has 0 aliphatic rings. The largest absolute Gasteiger partial charge is 1.00 e. The second kappa shape index (κ2) is 5.73. The Morgan fingerprint density at radius 3 is 1.92 bits per heavy atom. The first kappa shape index (κ1) is 14.7. The van der Waals surface area contributed by atoms with Crippen molar-refractivity contribution in [2.24, 2.45) is 5.41 Å². The fourth-order valence-electron chi connectivity index (χ4n) is 0.591. The number of carboxylic acids is 1. The van der Waals surface area contributed by atoms with Crippen molar-refractivity contribution in [1.82, 2.24) is 0 Å². The summed E-state index contributed by atoms with van der Waals surface area (Å²) in [5, 5.41) is 9.96. The predicted molar refractivity (Wildman–Crippen MR) is 38.7 cm³/mol. The normalized spacial score (nSPS) is 10.2. The van der Waals surface area contributed by atoms with Crippen molar-refractivity contribution in [2.45, 2.75) is 33.6 Å². The summed E-state index contributed by atoms with van der Waals surface area (Å²) < 4.78 is 0. The van der Waals surface area contributed by atoms with Gasteiger partial charge in [-0.3, -0.25) is 4.79 Å². The number of aliphatic carboxylic acids is 1. The third-order valence-corrected chi connectivity index (χ3v) is 1.33. The Balaban J connectivity index is 0. The molecule has 0 heterocycles. The minimum atomic E-state index is -1.57. The van der Waals surface area contributed by atoms with Crippen LogP contribution in [0.5, 0.6) is 0 Å². The molecule has 0 aliphatic heterocycles. The molecule has 0 aromatic carbocycles. The summed E-state index contributed by atoms with van der Waals surface area (Å²) in [7, 11) is 0. The number of carbonyl (C=O) groups is 2. The van der Waals surface area contributed by atoms with Crippen LogP contribution in [-0.2, 0) is 9.59 Å². The Bertz CT molecular complexity index is 170. The monoisotopic (exact) mass is 180 g/mol. The topological polar surface area (TPSA) is 57.2 Å². The fourth-order valence-corrected chi connectivity index (χ4v) is 0.591. The van der Waals surface area contributed by atoms with E-state index in [0.29, 0.717) is 6.42 Å². The van der Waals surface area contributed by atoms with Crippen LogP contribution in [0.2, 0.25) is 0 Å². The zero-order chi connectivity index (χ0) is 9.07. The van der Waals surface area contributed by atoms with Gasteiger partial charge in [0.2, 0.25) is 0 Å². The molecule has 0 bridgehead atoms. The summed E-state index contributed by atoms with van der Waals surface area (Å²) in [6, 6.07) is 0. The van der Waals surface area contributed by atoms with Crippen LogP contribution in [0.15, 0.2) is 0 Å². The van der Waals surface area contributed by atoms with Crippen LogP contribution in [0.3, 0.4) is 0 Å². The zero-order valence-corrected chi connectivity index (χ0v) is 10.1. The molecule has 0 fully saturated rings. The zero-order valence-electron chi connectivity index (χ0n) is 8.14. The van der Waals surface area contributed by atoms with Crippen molar-refractivity contribution in [3.05, 3.63) is 0 Å². The summed E-state index contributed by atoms with van der Waals surface area (Å²) in [5.41, 5.74) is 0.00507. The molecular weight excluding hydrogens is 167 g/mol. The number of ketones is 1. The van der Waals surface area contributed by atoms with Crippen LogP contribution in [0.25, 0.3) is 0 Å². The molecule has 0 spiro atoms. The van der Waals surface area contributed by atoms with E-state index in [9.17, 15) is 14.7 Å². The Kier molecular flexibility index (Phi) is 7.00. The first-order valence-electron chi connectivity index (χ1n) is 3.57. The Morgan fingerprint density at radius 2 is 1.67 bits per heavy atom. The van der Waals surface area contributed by atoms with Crippen molar-refractivity contribution < 1.29 is 44.3 Å². The van der Waals surface area contributed by atoms with Crippen LogP contribution in [-0.4, -0.2) is 11.8 Å². The SMILES string of the molecule is CC(C)(C)CCC(=O)C(=O)[O-].[Na+]. The molecule has 0 atom stereocenters. The van der Waals surface area contributed by atoms with Gasteiger partial charge in [-0.05, 0) is 11.8 Å². The molecule has 0 saturated heterocycles. The molecule has 0 saturated carbocycles. The van der Waals surface area contributed by atoms with E-state index in [0.717, 1.165) is 0 Å². The third kappa shape index (κ3) is 8.24. The van der Waals surface area contributed by atoms with Crippen LogP contribution in [0.1, 0.15) is 33.6 Å². The molecule has 3 nitrogen and oxygen atoms in total. The van der Waals surface area contributed by atoms with Crippen LogP contribution in [0.4, 0.5) is 0 Å². The van der Waals surface area contributed by atoms with E-state index in [1.54, 1.807) is 0 Å². The Morgan fingerprint density at radius 1 is 1.25 bits per heavy atom. The molecular formula is C8H13NaO3. The van der Waals surface area contributed by atoms with Gasteiger partial charge in [-0.25, -0.2) is 0 Å². The van der Waals surface area contributed by atoms with Crippen molar-refractivity contribution in [3.63, 3.8) is 0 Å². The van der Waals surface area contributed by atoms with Gasteiger partial charge in [0, 0.05) is 6.42 Å². The predicted octanol–water partition coefficient (Wildman–Crippen LogP) is -2.86. The van der Waals surface area contributed by atoms with Gasteiger partial charge < -0.3 is 9.90 Å². The van der Waals surface area contributed by atoms with Crippen molar-refractivity contribution in [2.75, 3.05) is 0 Å². The smallest absolute Gasteiger partial charge is 0.542 e. The second-order valence-electron chi connectivity index (χ2n) is 3.77. The number of Topliss-reactive ketones (excluding diaryl/α,β-unsaturated/α-hetero) is 1. The maximum absolute atomic E-state index is 10.5. The maximum atomic E-state index is 10.5. The van der Waals surface area contributed by atoms with Crippen LogP contribution in [0, 0.1) is 5.41 Å². The minimum absolute atomic E-state index is 0. The second-order valence-corrected chi connectivity index (χ2v) is 3.77. The van der Waals surface area contributed by atoms with Gasteiger partial charge in [0.25, 0.3) is 0 Å². The summed E-state index contributed by atoms with van der Waals surface area (Å²) in [6.45, 7) is 5.86. The van der Waals surface area contributed by atoms with Crippen molar-refractivity contribution in [3.8, 4) is 0 Å². The van der Waals surface area contributed by atoms with Gasteiger partial charge in [0.15, 0.2) is 5.78 Å². The standard InChI is InChI=1S/C8H14O3.Na/c1-8(2,3)5-4-6(9)7(10)11;/h4-5H2,1-3H3,(H,10,11);/q;+1/p-1.